The minimum Gasteiger partial charge on any atom is -0.321 e. The summed E-state index contributed by atoms with van der Waals surface area (Å²) in [4.78, 5) is 4.73. The van der Waals surface area contributed by atoms with Crippen LogP contribution in [0.25, 0.3) is 28.2 Å². The van der Waals surface area contributed by atoms with Gasteiger partial charge in [-0.05, 0) is 46.8 Å². The maximum Gasteiger partial charge on any atom is 0.417 e. The van der Waals surface area contributed by atoms with Gasteiger partial charge in [-0.15, -0.1) is 0 Å². The number of hydrogen-bond acceptors (Lipinski definition) is 2. The van der Waals surface area contributed by atoms with Gasteiger partial charge in [0.1, 0.15) is 0 Å². The third-order valence-electron chi connectivity index (χ3n) is 6.03. The van der Waals surface area contributed by atoms with Gasteiger partial charge in [-0.3, -0.25) is 4.40 Å². The average Bonchev–Trinajstić information content (AvgIpc) is 3.12. The molecule has 1 saturated carbocycles. The van der Waals surface area contributed by atoms with Gasteiger partial charge in [-0.2, -0.15) is 13.2 Å². The first-order chi connectivity index (χ1) is 14.8. The quantitative estimate of drug-likeness (QED) is 0.347. The molecule has 2 heterocycles. The van der Waals surface area contributed by atoms with Crippen molar-refractivity contribution in [3.05, 3.63) is 82.5 Å². The highest BCUT2D eigenvalue weighted by Crippen LogP contribution is 2.41. The minimum atomic E-state index is -4.46. The van der Waals surface area contributed by atoms with Gasteiger partial charge in [0, 0.05) is 22.9 Å². The maximum atomic E-state index is 13.5. The fourth-order valence-electron chi connectivity index (χ4n) is 4.14. The van der Waals surface area contributed by atoms with Gasteiger partial charge in [0.2, 0.25) is 0 Å². The SMILES string of the molecule is NC1(c2ccc(-c3nc4c(Br)cc(C(F)(F)F)cn4c3-c3ccccc3)cc2)CCC1. The molecule has 0 atom stereocenters. The van der Waals surface area contributed by atoms with Gasteiger partial charge in [-0.25, -0.2) is 4.98 Å². The number of nitrogens with zero attached hydrogens (tertiary/aromatic N) is 2. The van der Waals surface area contributed by atoms with E-state index in [2.05, 4.69) is 15.9 Å². The van der Waals surface area contributed by atoms with Crippen LogP contribution in [0.1, 0.15) is 30.4 Å². The third kappa shape index (κ3) is 3.46. The molecule has 3 nitrogen and oxygen atoms in total. The number of pyridine rings is 1. The van der Waals surface area contributed by atoms with Crippen LogP contribution in [0.2, 0.25) is 0 Å². The van der Waals surface area contributed by atoms with Crippen LogP contribution in [0.15, 0.2) is 71.3 Å². The van der Waals surface area contributed by atoms with Crippen LogP contribution in [0.4, 0.5) is 13.2 Å². The number of fused-ring (bicyclic) bond motifs is 1. The molecule has 1 aliphatic carbocycles. The second-order valence-corrected chi connectivity index (χ2v) is 8.88. The summed E-state index contributed by atoms with van der Waals surface area (Å²) in [5.74, 6) is 0. The predicted octanol–water partition coefficient (Wildman–Crippen LogP) is 6.79. The molecule has 7 heteroatoms. The van der Waals surface area contributed by atoms with Crippen LogP contribution >= 0.6 is 15.9 Å². The van der Waals surface area contributed by atoms with E-state index >= 15 is 0 Å². The molecule has 0 saturated heterocycles. The van der Waals surface area contributed by atoms with Gasteiger partial charge in [0.25, 0.3) is 0 Å². The number of alkyl halides is 3. The summed E-state index contributed by atoms with van der Waals surface area (Å²) in [5, 5.41) is 0. The Kier molecular flexibility index (Phi) is 4.71. The first-order valence-electron chi connectivity index (χ1n) is 10.0. The van der Waals surface area contributed by atoms with E-state index in [0.717, 1.165) is 48.2 Å². The highest BCUT2D eigenvalue weighted by atomic mass is 79.9. The van der Waals surface area contributed by atoms with E-state index in [0.29, 0.717) is 17.0 Å². The van der Waals surface area contributed by atoms with Gasteiger partial charge < -0.3 is 5.73 Å². The molecule has 158 valence electrons. The molecule has 2 N–H and O–H groups in total. The van der Waals surface area contributed by atoms with Crippen LogP contribution in [-0.2, 0) is 11.7 Å². The second kappa shape index (κ2) is 7.21. The lowest BCUT2D eigenvalue weighted by Gasteiger charge is -2.38. The zero-order chi connectivity index (χ0) is 21.8. The summed E-state index contributed by atoms with van der Waals surface area (Å²) >= 11 is 3.29. The molecule has 0 bridgehead atoms. The van der Waals surface area contributed by atoms with Crippen LogP contribution in [0.3, 0.4) is 0 Å². The van der Waals surface area contributed by atoms with Crippen molar-refractivity contribution in [2.75, 3.05) is 0 Å². The molecule has 0 spiro atoms. The Morgan fingerprint density at radius 3 is 2.23 bits per heavy atom. The van der Waals surface area contributed by atoms with Gasteiger partial charge in [0.05, 0.1) is 21.4 Å². The molecule has 0 aliphatic heterocycles. The lowest BCUT2D eigenvalue weighted by molar-refractivity contribution is -0.137. The Labute approximate surface area is 185 Å². The number of halogens is 4. The smallest absolute Gasteiger partial charge is 0.321 e. The van der Waals surface area contributed by atoms with E-state index in [1.807, 2.05) is 54.6 Å². The zero-order valence-corrected chi connectivity index (χ0v) is 18.0. The molecule has 0 unspecified atom stereocenters. The van der Waals surface area contributed by atoms with Crippen molar-refractivity contribution >= 4 is 21.6 Å². The number of rotatable bonds is 3. The van der Waals surface area contributed by atoms with Crippen molar-refractivity contribution in [1.29, 1.82) is 0 Å². The Morgan fingerprint density at radius 1 is 0.968 bits per heavy atom. The van der Waals surface area contributed by atoms with Crippen molar-refractivity contribution in [3.8, 4) is 22.5 Å². The third-order valence-corrected chi connectivity index (χ3v) is 6.61. The lowest BCUT2D eigenvalue weighted by atomic mass is 9.72. The first-order valence-corrected chi connectivity index (χ1v) is 10.8. The Hall–Kier alpha value is -2.64. The number of imidazole rings is 1. The number of hydrogen-bond donors (Lipinski definition) is 1. The van der Waals surface area contributed by atoms with E-state index in [1.54, 1.807) is 0 Å². The van der Waals surface area contributed by atoms with Crippen molar-refractivity contribution in [1.82, 2.24) is 9.38 Å². The van der Waals surface area contributed by atoms with Crippen molar-refractivity contribution in [2.45, 2.75) is 31.0 Å². The number of benzene rings is 2. The monoisotopic (exact) mass is 485 g/mol. The summed E-state index contributed by atoms with van der Waals surface area (Å²) in [5.41, 5.74) is 9.79. The molecular formula is C24H19BrF3N3. The zero-order valence-electron chi connectivity index (χ0n) is 16.5. The Morgan fingerprint density at radius 2 is 1.65 bits per heavy atom. The molecule has 0 radical (unpaired) electrons. The topological polar surface area (TPSA) is 43.3 Å². The van der Waals surface area contributed by atoms with E-state index in [4.69, 9.17) is 10.7 Å². The first kappa shape index (κ1) is 20.3. The highest BCUT2D eigenvalue weighted by Gasteiger charge is 2.35. The summed E-state index contributed by atoms with van der Waals surface area (Å²) in [6.07, 6.45) is -0.309. The molecular weight excluding hydrogens is 467 g/mol. The van der Waals surface area contributed by atoms with Crippen molar-refractivity contribution in [3.63, 3.8) is 0 Å². The van der Waals surface area contributed by atoms with Gasteiger partial charge in [-0.1, -0.05) is 54.6 Å². The standard InChI is InChI=1S/C24H19BrF3N3/c25-19-13-18(24(26,27)28)14-31-21(16-5-2-1-3-6-16)20(30-22(19)31)15-7-9-17(10-8-15)23(29)11-4-12-23/h1-3,5-10,13-14H,4,11-12,29H2. The predicted molar refractivity (Wildman–Crippen MR) is 118 cm³/mol. The maximum absolute atomic E-state index is 13.5. The number of aromatic nitrogens is 2. The molecule has 0 amide bonds. The van der Waals surface area contributed by atoms with Crippen LogP contribution in [0.5, 0.6) is 0 Å². The summed E-state index contributed by atoms with van der Waals surface area (Å²) in [6, 6.07) is 18.3. The molecule has 5 rings (SSSR count). The lowest BCUT2D eigenvalue weighted by Crippen LogP contribution is -2.43. The van der Waals surface area contributed by atoms with E-state index in [1.165, 1.54) is 4.40 Å². The fraction of sp³-hybridized carbons (Fsp3) is 0.208. The van der Waals surface area contributed by atoms with Crippen molar-refractivity contribution in [2.24, 2.45) is 5.73 Å². The normalized spacial score (nSPS) is 15.8. The largest absolute Gasteiger partial charge is 0.417 e. The van der Waals surface area contributed by atoms with E-state index < -0.39 is 11.7 Å². The summed E-state index contributed by atoms with van der Waals surface area (Å²) in [6.45, 7) is 0. The van der Waals surface area contributed by atoms with Crippen LogP contribution in [-0.4, -0.2) is 9.38 Å². The molecule has 1 aliphatic rings. The van der Waals surface area contributed by atoms with Crippen LogP contribution < -0.4 is 5.73 Å². The minimum absolute atomic E-state index is 0.273. The second-order valence-electron chi connectivity index (χ2n) is 8.03. The van der Waals surface area contributed by atoms with Crippen molar-refractivity contribution < 1.29 is 13.2 Å². The average molecular weight is 486 g/mol. The molecule has 2 aromatic heterocycles. The molecule has 4 aromatic rings. The number of nitrogens with two attached hydrogens (primary N) is 1. The molecule has 2 aromatic carbocycles. The van der Waals surface area contributed by atoms with E-state index in [-0.39, 0.29) is 10.0 Å². The van der Waals surface area contributed by atoms with Gasteiger partial charge in [0.15, 0.2) is 5.65 Å². The van der Waals surface area contributed by atoms with Crippen LogP contribution in [0, 0.1) is 0 Å². The van der Waals surface area contributed by atoms with E-state index in [9.17, 15) is 13.2 Å². The molecule has 1 fully saturated rings. The summed E-state index contributed by atoms with van der Waals surface area (Å²) < 4.78 is 42.3. The Bertz CT molecular complexity index is 1260. The molecule has 31 heavy (non-hydrogen) atoms. The summed E-state index contributed by atoms with van der Waals surface area (Å²) in [7, 11) is 0. The fourth-order valence-corrected chi connectivity index (χ4v) is 4.67. The van der Waals surface area contributed by atoms with Gasteiger partial charge >= 0.3 is 6.18 Å². The Balaban J connectivity index is 1.73. The highest BCUT2D eigenvalue weighted by molar-refractivity contribution is 9.10.